The zero-order valence-electron chi connectivity index (χ0n) is 21.3. The molecule has 0 saturated heterocycles. The maximum absolute atomic E-state index is 12.4. The molecule has 37 heavy (non-hydrogen) atoms. The summed E-state index contributed by atoms with van der Waals surface area (Å²) in [6.07, 6.45) is 9.99. The molecule has 1 aliphatic carbocycles. The molecule has 198 valence electrons. The van der Waals surface area contributed by atoms with Crippen LogP contribution in [0.4, 0.5) is 0 Å². The van der Waals surface area contributed by atoms with Crippen molar-refractivity contribution in [3.63, 3.8) is 0 Å². The summed E-state index contributed by atoms with van der Waals surface area (Å²) in [5.41, 5.74) is -0.889. The number of ketones is 1. The molecule has 7 heteroatoms. The summed E-state index contributed by atoms with van der Waals surface area (Å²) in [6.45, 7) is 3.64. The monoisotopic (exact) mass is 526 g/mol. The third-order valence-electron chi connectivity index (χ3n) is 6.50. The first-order valence-corrected chi connectivity index (χ1v) is 13.0. The van der Waals surface area contributed by atoms with Crippen LogP contribution in [0.2, 0.25) is 5.02 Å². The standard InChI is InChI=1S/C30H35ClO6/c1-30(2,37-25-17-15-24(16-18-25)36-23-13-11-22(31)12-14-23)28(33)20-10-21-9-19-27(32)26(21)7-5-3-4-6-8-29(34)35/h3-4,10-18,20-21,26,28,33H,5-9,19H2,1-2H3,(H,34,35). The van der Waals surface area contributed by atoms with Crippen molar-refractivity contribution in [1.82, 2.24) is 0 Å². The Kier molecular flexibility index (Phi) is 10.4. The molecule has 0 bridgehead atoms. The fraction of sp³-hybridized carbons (Fsp3) is 0.400. The van der Waals surface area contributed by atoms with Crippen molar-refractivity contribution in [1.29, 1.82) is 0 Å². The zero-order valence-corrected chi connectivity index (χ0v) is 22.1. The van der Waals surface area contributed by atoms with Gasteiger partial charge in [0.05, 0.1) is 0 Å². The lowest BCUT2D eigenvalue weighted by atomic mass is 9.89. The van der Waals surface area contributed by atoms with Crippen molar-refractivity contribution in [3.05, 3.63) is 77.9 Å². The minimum Gasteiger partial charge on any atom is -0.485 e. The molecule has 0 spiro atoms. The van der Waals surface area contributed by atoms with Crippen molar-refractivity contribution >= 4 is 23.4 Å². The highest BCUT2D eigenvalue weighted by Crippen LogP contribution is 2.34. The first-order chi connectivity index (χ1) is 17.6. The number of carboxylic acids is 1. The van der Waals surface area contributed by atoms with Gasteiger partial charge in [0.15, 0.2) is 0 Å². The number of rotatable bonds is 13. The van der Waals surface area contributed by atoms with Gasteiger partial charge in [-0.15, -0.1) is 0 Å². The highest BCUT2D eigenvalue weighted by Gasteiger charge is 2.33. The number of hydrogen-bond donors (Lipinski definition) is 2. The van der Waals surface area contributed by atoms with Crippen molar-refractivity contribution in [2.45, 2.75) is 64.1 Å². The minimum atomic E-state index is -0.889. The van der Waals surface area contributed by atoms with Crippen molar-refractivity contribution < 1.29 is 29.3 Å². The van der Waals surface area contributed by atoms with E-state index in [1.165, 1.54) is 0 Å². The van der Waals surface area contributed by atoms with E-state index >= 15 is 0 Å². The van der Waals surface area contributed by atoms with Crippen LogP contribution in [-0.4, -0.2) is 33.7 Å². The number of aliphatic hydroxyl groups is 1. The van der Waals surface area contributed by atoms with E-state index in [4.69, 9.17) is 26.2 Å². The van der Waals surface area contributed by atoms with Crippen molar-refractivity contribution in [2.75, 3.05) is 0 Å². The van der Waals surface area contributed by atoms with E-state index < -0.39 is 17.7 Å². The second-order valence-corrected chi connectivity index (χ2v) is 10.3. The lowest BCUT2D eigenvalue weighted by molar-refractivity contribution is -0.136. The average molecular weight is 527 g/mol. The quantitative estimate of drug-likeness (QED) is 0.273. The van der Waals surface area contributed by atoms with Gasteiger partial charge < -0.3 is 19.7 Å². The van der Waals surface area contributed by atoms with Crippen LogP contribution in [0.1, 0.15) is 52.4 Å². The van der Waals surface area contributed by atoms with Crippen LogP contribution in [0.3, 0.4) is 0 Å². The Morgan fingerprint density at radius 1 is 1.05 bits per heavy atom. The second kappa shape index (κ2) is 13.5. The fourth-order valence-corrected chi connectivity index (χ4v) is 4.44. The molecule has 0 radical (unpaired) electrons. The minimum absolute atomic E-state index is 0.0784. The molecular weight excluding hydrogens is 492 g/mol. The third-order valence-corrected chi connectivity index (χ3v) is 6.75. The molecule has 2 aromatic carbocycles. The number of carbonyl (C=O) groups is 2. The Labute approximate surface area is 223 Å². The van der Waals surface area contributed by atoms with Crippen LogP contribution >= 0.6 is 11.6 Å². The summed E-state index contributed by atoms with van der Waals surface area (Å²) < 4.78 is 11.9. The predicted molar refractivity (Wildman–Crippen MR) is 144 cm³/mol. The van der Waals surface area contributed by atoms with Crippen LogP contribution in [-0.2, 0) is 9.59 Å². The first-order valence-electron chi connectivity index (χ1n) is 12.6. The van der Waals surface area contributed by atoms with Gasteiger partial charge in [-0.1, -0.05) is 35.9 Å². The largest absolute Gasteiger partial charge is 0.485 e. The number of carbonyl (C=O) groups excluding carboxylic acids is 1. The van der Waals surface area contributed by atoms with Gasteiger partial charge in [-0.2, -0.15) is 0 Å². The Morgan fingerprint density at radius 2 is 1.65 bits per heavy atom. The van der Waals surface area contributed by atoms with Gasteiger partial charge in [-0.25, -0.2) is 0 Å². The van der Waals surface area contributed by atoms with Crippen molar-refractivity contribution in [2.24, 2.45) is 11.8 Å². The maximum Gasteiger partial charge on any atom is 0.303 e. The van der Waals surface area contributed by atoms with E-state index in [0.29, 0.717) is 35.1 Å². The van der Waals surface area contributed by atoms with Gasteiger partial charge in [-0.05, 0) is 94.0 Å². The van der Waals surface area contributed by atoms with E-state index in [0.717, 1.165) is 19.3 Å². The van der Waals surface area contributed by atoms with E-state index in [-0.39, 0.29) is 24.0 Å². The van der Waals surface area contributed by atoms with Gasteiger partial charge >= 0.3 is 5.97 Å². The van der Waals surface area contributed by atoms with Gasteiger partial charge in [0, 0.05) is 23.8 Å². The molecule has 0 amide bonds. The zero-order chi connectivity index (χ0) is 26.8. The summed E-state index contributed by atoms with van der Waals surface area (Å²) >= 11 is 5.91. The molecule has 3 atom stereocenters. The van der Waals surface area contributed by atoms with Crippen LogP contribution in [0.15, 0.2) is 72.8 Å². The highest BCUT2D eigenvalue weighted by atomic mass is 35.5. The topological polar surface area (TPSA) is 93.1 Å². The molecule has 0 aromatic heterocycles. The van der Waals surface area contributed by atoms with Gasteiger partial charge in [-0.3, -0.25) is 9.59 Å². The lowest BCUT2D eigenvalue weighted by Crippen LogP contribution is -2.40. The van der Waals surface area contributed by atoms with Crippen LogP contribution in [0, 0.1) is 11.8 Å². The van der Waals surface area contributed by atoms with Gasteiger partial charge in [0.2, 0.25) is 0 Å². The van der Waals surface area contributed by atoms with E-state index in [9.17, 15) is 14.7 Å². The third kappa shape index (κ3) is 9.06. The highest BCUT2D eigenvalue weighted by molar-refractivity contribution is 6.30. The number of Topliss-reactive ketones (excluding diaryl/α,β-unsaturated/α-hetero) is 1. The molecule has 6 nitrogen and oxygen atoms in total. The summed E-state index contributed by atoms with van der Waals surface area (Å²) in [4.78, 5) is 23.0. The maximum atomic E-state index is 12.4. The first kappa shape index (κ1) is 28.5. The Balaban J connectivity index is 1.52. The van der Waals surface area contributed by atoms with Crippen LogP contribution in [0.5, 0.6) is 17.2 Å². The number of benzene rings is 2. The number of aliphatic hydroxyl groups excluding tert-OH is 1. The number of ether oxygens (including phenoxy) is 2. The number of halogens is 1. The van der Waals surface area contributed by atoms with E-state index in [2.05, 4.69) is 0 Å². The summed E-state index contributed by atoms with van der Waals surface area (Å²) in [6, 6.07) is 14.3. The molecule has 3 rings (SSSR count). The lowest BCUT2D eigenvalue weighted by Gasteiger charge is -2.30. The second-order valence-electron chi connectivity index (χ2n) is 9.82. The predicted octanol–water partition coefficient (Wildman–Crippen LogP) is 7.00. The molecule has 0 heterocycles. The normalized spacial score (nSPS) is 19.0. The summed E-state index contributed by atoms with van der Waals surface area (Å²) in [5, 5.41) is 20.2. The molecule has 2 N–H and O–H groups in total. The summed E-state index contributed by atoms with van der Waals surface area (Å²) in [7, 11) is 0. The van der Waals surface area contributed by atoms with Gasteiger partial charge in [0.1, 0.15) is 34.7 Å². The number of hydrogen-bond acceptors (Lipinski definition) is 5. The Morgan fingerprint density at radius 3 is 2.30 bits per heavy atom. The number of carboxylic acid groups (broad SMARTS) is 1. The van der Waals surface area contributed by atoms with E-state index in [1.807, 2.05) is 32.1 Å². The Hall–Kier alpha value is -3.09. The van der Waals surface area contributed by atoms with E-state index in [1.54, 1.807) is 54.6 Å². The smallest absolute Gasteiger partial charge is 0.303 e. The fourth-order valence-electron chi connectivity index (χ4n) is 4.32. The Bertz CT molecular complexity index is 1090. The SMILES string of the molecule is CC(C)(Oc1ccc(Oc2ccc(Cl)cc2)cc1)C(O)C=CC1CCC(=O)C1CCC=CCCC(=O)O. The molecule has 3 unspecified atom stereocenters. The van der Waals surface area contributed by atoms with Crippen LogP contribution < -0.4 is 9.47 Å². The van der Waals surface area contributed by atoms with Crippen molar-refractivity contribution in [3.8, 4) is 17.2 Å². The molecule has 0 aliphatic heterocycles. The molecular formula is C30H35ClO6. The molecule has 1 aliphatic rings. The molecule has 1 fully saturated rings. The summed E-state index contributed by atoms with van der Waals surface area (Å²) in [5.74, 6) is 1.37. The number of aliphatic carboxylic acids is 1. The number of allylic oxidation sites excluding steroid dienone is 3. The van der Waals surface area contributed by atoms with Crippen LogP contribution in [0.25, 0.3) is 0 Å². The molecule has 1 saturated carbocycles. The average Bonchev–Trinajstić information content (AvgIpc) is 3.21. The molecule has 2 aromatic rings. The van der Waals surface area contributed by atoms with Gasteiger partial charge in [0.25, 0.3) is 0 Å².